The molecule has 33 heavy (non-hydrogen) atoms. The van der Waals surface area contributed by atoms with Crippen LogP contribution in [-0.4, -0.2) is 13.8 Å². The molecule has 1 atom stereocenters. The van der Waals surface area contributed by atoms with Gasteiger partial charge in [0.1, 0.15) is 11.0 Å². The van der Waals surface area contributed by atoms with Gasteiger partial charge in [0, 0.05) is 41.0 Å². The summed E-state index contributed by atoms with van der Waals surface area (Å²) in [6.45, 7) is 1.69. The van der Waals surface area contributed by atoms with E-state index in [9.17, 15) is 22.2 Å². The lowest BCUT2D eigenvalue weighted by atomic mass is 9.99. The van der Waals surface area contributed by atoms with Crippen molar-refractivity contribution in [3.8, 4) is 11.1 Å². The molecule has 2 aromatic heterocycles. The van der Waals surface area contributed by atoms with Crippen molar-refractivity contribution in [2.45, 2.75) is 18.0 Å². The molecule has 0 saturated heterocycles. The number of aryl methyl sites for hydroxylation is 1. The van der Waals surface area contributed by atoms with E-state index in [1.807, 2.05) is 0 Å². The summed E-state index contributed by atoms with van der Waals surface area (Å²) in [6.07, 6.45) is -1.33. The van der Waals surface area contributed by atoms with Gasteiger partial charge in [0.2, 0.25) is 0 Å². The average Bonchev–Trinajstić information content (AvgIpc) is 2.78. The van der Waals surface area contributed by atoms with E-state index in [0.717, 1.165) is 17.5 Å². The molecule has 0 aliphatic rings. The highest BCUT2D eigenvalue weighted by Crippen LogP contribution is 2.36. The Kier molecular flexibility index (Phi) is 6.02. The Bertz CT molecular complexity index is 1470. The van der Waals surface area contributed by atoms with Crippen LogP contribution >= 0.6 is 11.6 Å². The minimum absolute atomic E-state index is 0.0339. The van der Waals surface area contributed by atoms with Crippen molar-refractivity contribution in [3.05, 3.63) is 87.4 Å². The van der Waals surface area contributed by atoms with Crippen LogP contribution in [-0.2, 0) is 24.2 Å². The Balaban J connectivity index is 1.78. The van der Waals surface area contributed by atoms with Gasteiger partial charge < -0.3 is 9.29 Å². The van der Waals surface area contributed by atoms with Crippen LogP contribution in [0.15, 0.2) is 70.6 Å². The summed E-state index contributed by atoms with van der Waals surface area (Å²) >= 11 is 6.44. The summed E-state index contributed by atoms with van der Waals surface area (Å²) in [7, 11) is -0.338. The Labute approximate surface area is 194 Å². The first kappa shape index (κ1) is 23.0. The van der Waals surface area contributed by atoms with Gasteiger partial charge in [0.05, 0.1) is 21.7 Å². The lowest BCUT2D eigenvalue weighted by Gasteiger charge is -2.16. The zero-order valence-electron chi connectivity index (χ0n) is 17.4. The summed E-state index contributed by atoms with van der Waals surface area (Å²) in [5.41, 5.74) is 1.20. The molecule has 0 fully saturated rings. The van der Waals surface area contributed by atoms with Gasteiger partial charge in [0.25, 0.3) is 5.56 Å². The molecule has 2 heterocycles. The highest BCUT2D eigenvalue weighted by atomic mass is 35.5. The number of rotatable bonds is 4. The molecular weight excluding hydrogens is 475 g/mol. The first-order valence-corrected chi connectivity index (χ1v) is 11.2. The van der Waals surface area contributed by atoms with Crippen molar-refractivity contribution < 1.29 is 17.4 Å². The van der Waals surface area contributed by atoms with Crippen molar-refractivity contribution in [2.75, 3.05) is 4.72 Å². The summed E-state index contributed by atoms with van der Waals surface area (Å²) < 4.78 is 56.1. The van der Waals surface area contributed by atoms with Gasteiger partial charge in [-0.3, -0.25) is 9.78 Å². The normalized spacial score (nSPS) is 12.7. The van der Waals surface area contributed by atoms with Crippen LogP contribution < -0.4 is 10.3 Å². The summed E-state index contributed by atoms with van der Waals surface area (Å²) in [5.74, 6) is 0. The van der Waals surface area contributed by atoms with Gasteiger partial charge in [-0.2, -0.15) is 13.2 Å². The highest BCUT2D eigenvalue weighted by molar-refractivity contribution is 7.86. The summed E-state index contributed by atoms with van der Waals surface area (Å²) in [6, 6.07) is 10.8. The fourth-order valence-corrected chi connectivity index (χ4v) is 4.85. The molecular formula is C23H17ClF3N3O2S. The van der Waals surface area contributed by atoms with Gasteiger partial charge in [-0.15, -0.1) is 0 Å². The maximum Gasteiger partial charge on any atom is 0.416 e. The van der Waals surface area contributed by atoms with Gasteiger partial charge in [-0.05, 0) is 55.0 Å². The first-order valence-electron chi connectivity index (χ1n) is 9.67. The summed E-state index contributed by atoms with van der Waals surface area (Å²) in [5, 5.41) is 1.04. The predicted molar refractivity (Wildman–Crippen MR) is 124 cm³/mol. The van der Waals surface area contributed by atoms with E-state index in [4.69, 9.17) is 11.6 Å². The van der Waals surface area contributed by atoms with E-state index in [0.29, 0.717) is 32.9 Å². The predicted octanol–water partition coefficient (Wildman–Crippen LogP) is 5.72. The number of hydrogen-bond acceptors (Lipinski definition) is 3. The first-order chi connectivity index (χ1) is 15.6. The van der Waals surface area contributed by atoms with Gasteiger partial charge in [-0.25, -0.2) is 4.21 Å². The second kappa shape index (κ2) is 8.64. The average molecular weight is 492 g/mol. The number of pyridine rings is 2. The third-order valence-corrected chi connectivity index (χ3v) is 6.69. The van der Waals surface area contributed by atoms with Crippen molar-refractivity contribution in [2.24, 2.45) is 7.05 Å². The highest BCUT2D eigenvalue weighted by Gasteiger charge is 2.31. The lowest BCUT2D eigenvalue weighted by Crippen LogP contribution is -2.19. The van der Waals surface area contributed by atoms with Crippen molar-refractivity contribution in [1.29, 1.82) is 0 Å². The quantitative estimate of drug-likeness (QED) is 0.397. The lowest BCUT2D eigenvalue weighted by molar-refractivity contribution is -0.137. The summed E-state index contributed by atoms with van der Waals surface area (Å²) in [4.78, 5) is 17.1. The molecule has 5 nitrogen and oxygen atoms in total. The molecule has 2 aromatic carbocycles. The number of nitrogens with zero attached hydrogens (tertiary/aromatic N) is 2. The Morgan fingerprint density at radius 1 is 1.12 bits per heavy atom. The second-order valence-electron chi connectivity index (χ2n) is 7.35. The van der Waals surface area contributed by atoms with Crippen LogP contribution in [0.5, 0.6) is 0 Å². The maximum atomic E-state index is 13.1. The number of hydrogen-bond donors (Lipinski definition) is 1. The molecule has 0 spiro atoms. The molecule has 1 unspecified atom stereocenters. The van der Waals surface area contributed by atoms with Crippen LogP contribution in [0.25, 0.3) is 22.0 Å². The number of benzene rings is 2. The van der Waals surface area contributed by atoms with E-state index < -0.39 is 22.7 Å². The maximum absolute atomic E-state index is 13.1. The van der Waals surface area contributed by atoms with Crippen molar-refractivity contribution in [3.63, 3.8) is 0 Å². The minimum atomic E-state index is -4.55. The van der Waals surface area contributed by atoms with Crippen LogP contribution in [0.1, 0.15) is 11.1 Å². The topological polar surface area (TPSA) is 64.0 Å². The molecule has 0 amide bonds. The monoisotopic (exact) mass is 491 g/mol. The van der Waals surface area contributed by atoms with E-state index in [1.165, 1.54) is 16.7 Å². The molecule has 4 rings (SSSR count). The fraction of sp³-hybridized carbons (Fsp3) is 0.130. The van der Waals surface area contributed by atoms with E-state index in [2.05, 4.69) is 9.71 Å². The molecule has 4 aromatic rings. The van der Waals surface area contributed by atoms with E-state index in [-0.39, 0.29) is 10.5 Å². The number of nitrogens with one attached hydrogen (secondary N) is 1. The van der Waals surface area contributed by atoms with Crippen LogP contribution in [0.4, 0.5) is 18.9 Å². The van der Waals surface area contributed by atoms with Gasteiger partial charge in [0.15, 0.2) is 0 Å². The largest absolute Gasteiger partial charge is 0.416 e. The third-order valence-electron chi connectivity index (χ3n) is 5.29. The molecule has 170 valence electrons. The molecule has 0 aliphatic carbocycles. The van der Waals surface area contributed by atoms with Crippen molar-refractivity contribution >= 4 is 39.2 Å². The number of halogens is 4. The smallest absolute Gasteiger partial charge is 0.311 e. The number of fused-ring (bicyclic) bond motifs is 1. The Morgan fingerprint density at radius 2 is 1.88 bits per heavy atom. The van der Waals surface area contributed by atoms with Crippen LogP contribution in [0.3, 0.4) is 0 Å². The van der Waals surface area contributed by atoms with Gasteiger partial charge in [-0.1, -0.05) is 17.7 Å². The number of alkyl halides is 3. The number of aromatic nitrogens is 2. The SMILES string of the molecule is Cc1c(NS(=O)c2cccc(C(F)(F)F)c2)ccc(Cl)c1-c1cc2cnccc2n(C)c1=O. The zero-order valence-corrected chi connectivity index (χ0v) is 19.0. The zero-order chi connectivity index (χ0) is 23.9. The fourth-order valence-electron chi connectivity index (χ4n) is 3.57. The Morgan fingerprint density at radius 3 is 2.61 bits per heavy atom. The van der Waals surface area contributed by atoms with Gasteiger partial charge >= 0.3 is 6.18 Å². The van der Waals surface area contributed by atoms with Crippen LogP contribution in [0, 0.1) is 6.92 Å². The molecule has 0 bridgehead atoms. The molecule has 0 aliphatic heterocycles. The molecule has 0 radical (unpaired) electrons. The molecule has 0 saturated carbocycles. The number of anilines is 1. The van der Waals surface area contributed by atoms with Crippen LogP contribution in [0.2, 0.25) is 5.02 Å². The minimum Gasteiger partial charge on any atom is -0.311 e. The molecule has 1 N–H and O–H groups in total. The Hall–Kier alpha value is -3.17. The third kappa shape index (κ3) is 4.38. The van der Waals surface area contributed by atoms with E-state index >= 15 is 0 Å². The van der Waals surface area contributed by atoms with E-state index in [1.54, 1.807) is 50.6 Å². The molecule has 10 heteroatoms. The standard InChI is InChI=1S/C23H17ClF3N3O2S/c1-13-19(29-33(32)16-5-3-4-15(11-16)23(25,26)27)7-6-18(24)21(13)17-10-14-12-28-9-8-20(14)30(2)22(17)31/h3-12,29H,1-2H3. The second-order valence-corrected chi connectivity index (χ2v) is 8.97. The van der Waals surface area contributed by atoms with Crippen molar-refractivity contribution in [1.82, 2.24) is 9.55 Å².